The Morgan fingerprint density at radius 3 is 2.32 bits per heavy atom. The molecule has 0 unspecified atom stereocenters. The third kappa shape index (κ3) is 4.08. The molecule has 1 amide bonds. The molecular formula is C24H25F3N2O2. The van der Waals surface area contributed by atoms with Crippen molar-refractivity contribution < 1.29 is 22.7 Å². The summed E-state index contributed by atoms with van der Waals surface area (Å²) in [4.78, 5) is 16.1. The van der Waals surface area contributed by atoms with Gasteiger partial charge in [-0.25, -0.2) is 13.2 Å². The van der Waals surface area contributed by atoms with Gasteiger partial charge in [-0.15, -0.1) is 0 Å². The molecule has 3 fully saturated rings. The van der Waals surface area contributed by atoms with Gasteiger partial charge in [-0.1, -0.05) is 18.2 Å². The number of nitrogens with zero attached hydrogens (tertiary/aromatic N) is 2. The van der Waals surface area contributed by atoms with Gasteiger partial charge in [0.05, 0.1) is 12.1 Å². The first-order valence-electron chi connectivity index (χ1n) is 10.8. The lowest BCUT2D eigenvalue weighted by molar-refractivity contribution is -0.172. The fourth-order valence-electron chi connectivity index (χ4n) is 4.71. The van der Waals surface area contributed by atoms with Crippen molar-refractivity contribution in [2.45, 2.75) is 43.9 Å². The van der Waals surface area contributed by atoms with E-state index in [9.17, 15) is 18.0 Å². The van der Waals surface area contributed by atoms with Gasteiger partial charge in [0.25, 0.3) is 0 Å². The Kier molecular flexibility index (Phi) is 5.26. The van der Waals surface area contributed by atoms with Crippen LogP contribution < -0.4 is 0 Å². The lowest BCUT2D eigenvalue weighted by Crippen LogP contribution is -2.59. The van der Waals surface area contributed by atoms with Crippen LogP contribution in [0.15, 0.2) is 36.4 Å². The molecule has 1 spiro atoms. The zero-order valence-electron chi connectivity index (χ0n) is 17.3. The highest BCUT2D eigenvalue weighted by molar-refractivity contribution is 5.79. The SMILES string of the molecule is O=C1COC2(CCN(Cc3c(F)cc(-c4ccccc4F)cc3F)CC2)CN1C1CC1. The van der Waals surface area contributed by atoms with Crippen molar-refractivity contribution in [3.8, 4) is 11.1 Å². The zero-order chi connectivity index (χ0) is 21.6. The molecule has 3 aliphatic rings. The summed E-state index contributed by atoms with van der Waals surface area (Å²) in [6.45, 7) is 2.17. The Labute approximate surface area is 179 Å². The number of hydrogen-bond acceptors (Lipinski definition) is 3. The van der Waals surface area contributed by atoms with E-state index in [1.54, 1.807) is 12.1 Å². The molecule has 7 heteroatoms. The van der Waals surface area contributed by atoms with Gasteiger partial charge in [-0.3, -0.25) is 9.69 Å². The number of benzene rings is 2. The van der Waals surface area contributed by atoms with Crippen LogP contribution in [0, 0.1) is 17.5 Å². The van der Waals surface area contributed by atoms with Crippen LogP contribution >= 0.6 is 0 Å². The summed E-state index contributed by atoms with van der Waals surface area (Å²) in [7, 11) is 0. The highest BCUT2D eigenvalue weighted by atomic mass is 19.1. The van der Waals surface area contributed by atoms with Gasteiger partial charge in [0.1, 0.15) is 24.1 Å². The number of piperidine rings is 1. The van der Waals surface area contributed by atoms with Crippen LogP contribution in [-0.2, 0) is 16.1 Å². The molecule has 0 atom stereocenters. The summed E-state index contributed by atoms with van der Waals surface area (Å²) in [5.41, 5.74) is 0.0138. The number of ether oxygens (including phenoxy) is 1. The van der Waals surface area contributed by atoms with Crippen molar-refractivity contribution in [1.82, 2.24) is 9.80 Å². The first kappa shape index (κ1) is 20.5. The highest BCUT2D eigenvalue weighted by Gasteiger charge is 2.46. The maximum Gasteiger partial charge on any atom is 0.248 e. The van der Waals surface area contributed by atoms with Gasteiger partial charge in [-0.05, 0) is 49.4 Å². The second-order valence-corrected chi connectivity index (χ2v) is 8.90. The van der Waals surface area contributed by atoms with E-state index in [4.69, 9.17) is 4.74 Å². The molecule has 2 aromatic carbocycles. The van der Waals surface area contributed by atoms with Crippen molar-refractivity contribution >= 4 is 5.91 Å². The molecule has 5 rings (SSSR count). The molecule has 2 aromatic rings. The van der Waals surface area contributed by atoms with Crippen LogP contribution in [0.2, 0.25) is 0 Å². The largest absolute Gasteiger partial charge is 0.363 e. The van der Waals surface area contributed by atoms with Crippen LogP contribution in [0.1, 0.15) is 31.2 Å². The molecule has 2 saturated heterocycles. The van der Waals surface area contributed by atoms with Crippen LogP contribution in [0.5, 0.6) is 0 Å². The first-order chi connectivity index (χ1) is 14.9. The maximum absolute atomic E-state index is 14.8. The van der Waals surface area contributed by atoms with Gasteiger partial charge in [0, 0.05) is 36.8 Å². The van der Waals surface area contributed by atoms with E-state index in [2.05, 4.69) is 0 Å². The number of likely N-dealkylation sites (tertiary alicyclic amines) is 1. The molecule has 0 radical (unpaired) electrons. The third-order valence-corrected chi connectivity index (χ3v) is 6.74. The van der Waals surface area contributed by atoms with Crippen molar-refractivity contribution in [3.05, 3.63) is 59.4 Å². The van der Waals surface area contributed by atoms with Crippen molar-refractivity contribution in [2.75, 3.05) is 26.2 Å². The Bertz CT molecular complexity index is 977. The number of morpholine rings is 1. The van der Waals surface area contributed by atoms with E-state index in [0.29, 0.717) is 25.7 Å². The van der Waals surface area contributed by atoms with E-state index in [1.165, 1.54) is 24.3 Å². The van der Waals surface area contributed by atoms with Crippen molar-refractivity contribution in [1.29, 1.82) is 0 Å². The standard InChI is InChI=1S/C24H25F3N2O2/c25-20-4-2-1-3-18(20)16-11-21(26)19(22(27)12-16)13-28-9-7-24(8-10-28)15-29(17-5-6-17)23(30)14-31-24/h1-4,11-12,17H,5-10,13-15H2. The molecule has 1 saturated carbocycles. The summed E-state index contributed by atoms with van der Waals surface area (Å²) < 4.78 is 49.5. The minimum Gasteiger partial charge on any atom is -0.363 e. The highest BCUT2D eigenvalue weighted by Crippen LogP contribution is 2.37. The summed E-state index contributed by atoms with van der Waals surface area (Å²) in [6.07, 6.45) is 3.57. The predicted molar refractivity (Wildman–Crippen MR) is 110 cm³/mol. The van der Waals surface area contributed by atoms with Gasteiger partial charge in [0.15, 0.2) is 0 Å². The second kappa shape index (κ2) is 7.95. The minimum atomic E-state index is -0.669. The summed E-state index contributed by atoms with van der Waals surface area (Å²) in [6, 6.07) is 8.72. The van der Waals surface area contributed by atoms with Crippen LogP contribution in [-0.4, -0.2) is 53.6 Å². The van der Waals surface area contributed by atoms with Gasteiger partial charge in [0.2, 0.25) is 5.91 Å². The van der Waals surface area contributed by atoms with Crippen molar-refractivity contribution in [2.24, 2.45) is 0 Å². The summed E-state index contributed by atoms with van der Waals surface area (Å²) in [5.74, 6) is -1.79. The molecule has 2 heterocycles. The van der Waals surface area contributed by atoms with Crippen LogP contribution in [0.4, 0.5) is 13.2 Å². The Morgan fingerprint density at radius 1 is 1.00 bits per heavy atom. The molecule has 4 nitrogen and oxygen atoms in total. The number of halogens is 3. The number of rotatable bonds is 4. The topological polar surface area (TPSA) is 32.8 Å². The normalized spacial score (nSPS) is 21.6. The quantitative estimate of drug-likeness (QED) is 0.732. The molecular weight excluding hydrogens is 405 g/mol. The van der Waals surface area contributed by atoms with E-state index in [-0.39, 0.29) is 41.4 Å². The lowest BCUT2D eigenvalue weighted by atomic mass is 9.89. The number of carbonyl (C=O) groups is 1. The smallest absolute Gasteiger partial charge is 0.248 e. The third-order valence-electron chi connectivity index (χ3n) is 6.74. The molecule has 0 N–H and O–H groups in total. The Hall–Kier alpha value is -2.38. The maximum atomic E-state index is 14.8. The van der Waals surface area contributed by atoms with Crippen LogP contribution in [0.3, 0.4) is 0 Å². The monoisotopic (exact) mass is 430 g/mol. The number of hydrogen-bond donors (Lipinski definition) is 0. The number of carbonyl (C=O) groups excluding carboxylic acids is 1. The van der Waals surface area contributed by atoms with Gasteiger partial charge in [-0.2, -0.15) is 0 Å². The average Bonchev–Trinajstić information content (AvgIpc) is 3.60. The lowest BCUT2D eigenvalue weighted by Gasteiger charge is -2.47. The molecule has 0 bridgehead atoms. The summed E-state index contributed by atoms with van der Waals surface area (Å²) in [5, 5.41) is 0. The molecule has 0 aromatic heterocycles. The summed E-state index contributed by atoms with van der Waals surface area (Å²) >= 11 is 0. The molecule has 31 heavy (non-hydrogen) atoms. The average molecular weight is 430 g/mol. The van der Waals surface area contributed by atoms with Crippen LogP contribution in [0.25, 0.3) is 11.1 Å². The van der Waals surface area contributed by atoms with E-state index < -0.39 is 17.5 Å². The Morgan fingerprint density at radius 2 is 1.68 bits per heavy atom. The number of amides is 1. The minimum absolute atomic E-state index is 0.00427. The predicted octanol–water partition coefficient (Wildman–Crippen LogP) is 4.13. The zero-order valence-corrected chi connectivity index (χ0v) is 17.3. The van der Waals surface area contributed by atoms with E-state index in [1.807, 2.05) is 9.80 Å². The first-order valence-corrected chi connectivity index (χ1v) is 10.8. The Balaban J connectivity index is 1.26. The molecule has 164 valence electrons. The van der Waals surface area contributed by atoms with Crippen molar-refractivity contribution in [3.63, 3.8) is 0 Å². The fraction of sp³-hybridized carbons (Fsp3) is 0.458. The molecule has 1 aliphatic carbocycles. The van der Waals surface area contributed by atoms with E-state index >= 15 is 0 Å². The van der Waals surface area contributed by atoms with Gasteiger partial charge < -0.3 is 9.64 Å². The van der Waals surface area contributed by atoms with Gasteiger partial charge >= 0.3 is 0 Å². The van der Waals surface area contributed by atoms with E-state index in [0.717, 1.165) is 25.7 Å². The second-order valence-electron chi connectivity index (χ2n) is 8.90. The fourth-order valence-corrected chi connectivity index (χ4v) is 4.71. The molecule has 2 aliphatic heterocycles.